The van der Waals surface area contributed by atoms with Crippen molar-refractivity contribution in [1.29, 1.82) is 0 Å². The van der Waals surface area contributed by atoms with Gasteiger partial charge >= 0.3 is 13.1 Å². The van der Waals surface area contributed by atoms with E-state index in [4.69, 9.17) is 23.5 Å². The lowest BCUT2D eigenvalue weighted by molar-refractivity contribution is -0.139. The molecule has 0 aliphatic carbocycles. The number of carbonyl (C=O) groups is 2. The minimum atomic E-state index is -0.678. The number of esters is 1. The van der Waals surface area contributed by atoms with E-state index in [1.807, 2.05) is 33.8 Å². The van der Waals surface area contributed by atoms with Gasteiger partial charge in [-0.2, -0.15) is 0 Å². The zero-order valence-corrected chi connectivity index (χ0v) is 17.5. The van der Waals surface area contributed by atoms with E-state index in [1.54, 1.807) is 13.2 Å². The molecule has 0 bridgehead atoms. The first-order valence-electron chi connectivity index (χ1n) is 9.25. The molecule has 0 amide bonds. The highest BCUT2D eigenvalue weighted by atomic mass is 16.7. The fraction of sp³-hybridized carbons (Fsp3) is 0.600. The first kappa shape index (κ1) is 22.6. The van der Waals surface area contributed by atoms with Crippen molar-refractivity contribution < 1.29 is 33.1 Å². The third kappa shape index (κ3) is 5.00. The normalized spacial score (nSPS) is 17.6. The molecule has 154 valence electrons. The van der Waals surface area contributed by atoms with Crippen molar-refractivity contribution in [2.75, 3.05) is 27.4 Å². The molecule has 0 N–H and O–H groups in total. The summed E-state index contributed by atoms with van der Waals surface area (Å²) in [4.78, 5) is 23.5. The second kappa shape index (κ2) is 9.18. The number of hydrogen-bond donors (Lipinski definition) is 0. The van der Waals surface area contributed by atoms with Crippen LogP contribution in [0, 0.1) is 0 Å². The zero-order chi connectivity index (χ0) is 20.9. The Morgan fingerprint density at radius 2 is 1.75 bits per heavy atom. The largest absolute Gasteiger partial charge is 0.495 e. The lowest BCUT2D eigenvalue weighted by atomic mass is 9.73. The summed E-state index contributed by atoms with van der Waals surface area (Å²) >= 11 is 0. The maximum absolute atomic E-state index is 11.8. The van der Waals surface area contributed by atoms with Crippen molar-refractivity contribution in [1.82, 2.24) is 0 Å². The number of carbonyl (C=O) groups excluding carboxylic acids is 2. The first-order valence-corrected chi connectivity index (χ1v) is 9.25. The van der Waals surface area contributed by atoms with Gasteiger partial charge < -0.3 is 23.5 Å². The molecule has 1 heterocycles. The van der Waals surface area contributed by atoms with Gasteiger partial charge in [-0.25, -0.2) is 0 Å². The van der Waals surface area contributed by atoms with Crippen molar-refractivity contribution in [3.8, 4) is 0 Å². The fourth-order valence-electron chi connectivity index (χ4n) is 2.89. The molecular weight excluding hydrogens is 363 g/mol. The van der Waals surface area contributed by atoms with Gasteiger partial charge in [-0.1, -0.05) is 6.07 Å². The van der Waals surface area contributed by atoms with E-state index in [1.165, 1.54) is 7.11 Å². The molecule has 28 heavy (non-hydrogen) atoms. The van der Waals surface area contributed by atoms with Crippen LogP contribution in [0.5, 0.6) is 0 Å². The SMILES string of the molecule is COCCOCc1c(C=O)cc(CC(=O)OC)cc1B1OC(C)(C)C(C)(C)O1. The number of hydrogen-bond acceptors (Lipinski definition) is 7. The zero-order valence-electron chi connectivity index (χ0n) is 17.5. The summed E-state index contributed by atoms with van der Waals surface area (Å²) in [6, 6.07) is 3.49. The Bertz CT molecular complexity index is 699. The van der Waals surface area contributed by atoms with Gasteiger partial charge in [-0.15, -0.1) is 0 Å². The highest BCUT2D eigenvalue weighted by molar-refractivity contribution is 6.62. The maximum atomic E-state index is 11.8. The number of benzene rings is 1. The molecule has 1 aromatic rings. The molecule has 0 unspecified atom stereocenters. The molecule has 1 aromatic carbocycles. The van der Waals surface area contributed by atoms with E-state index in [-0.39, 0.29) is 19.0 Å². The van der Waals surface area contributed by atoms with Crippen LogP contribution in [0.25, 0.3) is 0 Å². The van der Waals surface area contributed by atoms with E-state index < -0.39 is 18.3 Å². The predicted octanol–water partition coefficient (Wildman–Crippen LogP) is 1.68. The molecule has 0 spiro atoms. The standard InChI is InChI=1S/C20H29BO7/c1-19(2)20(3,4)28-21(27-19)17-10-14(11-18(23)25-6)9-15(12-22)16(17)13-26-8-7-24-5/h9-10,12H,7-8,11,13H2,1-6H3. The van der Waals surface area contributed by atoms with Gasteiger partial charge in [0.15, 0.2) is 0 Å². The maximum Gasteiger partial charge on any atom is 0.495 e. The van der Waals surface area contributed by atoms with Gasteiger partial charge in [0.05, 0.1) is 44.6 Å². The third-order valence-corrected chi connectivity index (χ3v) is 5.27. The summed E-state index contributed by atoms with van der Waals surface area (Å²) in [5.74, 6) is -0.388. The lowest BCUT2D eigenvalue weighted by Crippen LogP contribution is -2.41. The smallest absolute Gasteiger partial charge is 0.469 e. The van der Waals surface area contributed by atoms with Crippen LogP contribution in [-0.2, 0) is 41.3 Å². The predicted molar refractivity (Wildman–Crippen MR) is 105 cm³/mol. The van der Waals surface area contributed by atoms with E-state index in [9.17, 15) is 9.59 Å². The molecule has 0 saturated carbocycles. The highest BCUT2D eigenvalue weighted by Gasteiger charge is 2.52. The van der Waals surface area contributed by atoms with Gasteiger partial charge in [0.2, 0.25) is 0 Å². The van der Waals surface area contributed by atoms with E-state index in [0.29, 0.717) is 35.4 Å². The van der Waals surface area contributed by atoms with Crippen LogP contribution in [0.4, 0.5) is 0 Å². The number of rotatable bonds is 9. The molecule has 1 aliphatic heterocycles. The Balaban J connectivity index is 2.44. The van der Waals surface area contributed by atoms with Crippen molar-refractivity contribution in [2.24, 2.45) is 0 Å². The molecule has 0 radical (unpaired) electrons. The van der Waals surface area contributed by atoms with E-state index in [0.717, 1.165) is 6.29 Å². The Hall–Kier alpha value is -1.74. The summed E-state index contributed by atoms with van der Waals surface area (Å²) in [6.45, 7) is 8.88. The minimum Gasteiger partial charge on any atom is -0.469 e. The highest BCUT2D eigenvalue weighted by Crippen LogP contribution is 2.37. The Morgan fingerprint density at radius 1 is 1.11 bits per heavy atom. The monoisotopic (exact) mass is 392 g/mol. The molecule has 1 saturated heterocycles. The fourth-order valence-corrected chi connectivity index (χ4v) is 2.89. The molecule has 1 fully saturated rings. The molecule has 0 atom stereocenters. The van der Waals surface area contributed by atoms with Crippen molar-refractivity contribution >= 4 is 24.8 Å². The third-order valence-electron chi connectivity index (χ3n) is 5.27. The van der Waals surface area contributed by atoms with Crippen LogP contribution in [0.15, 0.2) is 12.1 Å². The van der Waals surface area contributed by atoms with E-state index in [2.05, 4.69) is 0 Å². The second-order valence-corrected chi connectivity index (χ2v) is 7.76. The first-order chi connectivity index (χ1) is 13.1. The molecule has 7 nitrogen and oxygen atoms in total. The van der Waals surface area contributed by atoms with Crippen LogP contribution in [0.3, 0.4) is 0 Å². The molecular formula is C20H29BO7. The van der Waals surface area contributed by atoms with Crippen molar-refractivity contribution in [2.45, 2.75) is 51.9 Å². The van der Waals surface area contributed by atoms with Gasteiger partial charge in [-0.3, -0.25) is 9.59 Å². The van der Waals surface area contributed by atoms with Gasteiger partial charge in [-0.05, 0) is 50.4 Å². The van der Waals surface area contributed by atoms with Gasteiger partial charge in [0.1, 0.15) is 6.29 Å². The summed E-state index contributed by atoms with van der Waals surface area (Å²) in [5.41, 5.74) is 1.37. The van der Waals surface area contributed by atoms with Crippen LogP contribution in [0.1, 0.15) is 49.2 Å². The average Bonchev–Trinajstić information content (AvgIpc) is 2.86. The quantitative estimate of drug-likeness (QED) is 0.274. The van der Waals surface area contributed by atoms with Crippen LogP contribution >= 0.6 is 0 Å². The topological polar surface area (TPSA) is 80.3 Å². The van der Waals surface area contributed by atoms with Crippen LogP contribution in [-0.4, -0.2) is 58.0 Å². The Morgan fingerprint density at radius 3 is 2.29 bits per heavy atom. The van der Waals surface area contributed by atoms with Gasteiger partial charge in [0.25, 0.3) is 0 Å². The molecule has 0 aromatic heterocycles. The summed E-state index contributed by atoms with van der Waals surface area (Å²) in [7, 11) is 2.25. The number of methoxy groups -OCH3 is 2. The number of ether oxygens (including phenoxy) is 3. The lowest BCUT2D eigenvalue weighted by Gasteiger charge is -2.32. The van der Waals surface area contributed by atoms with E-state index >= 15 is 0 Å². The van der Waals surface area contributed by atoms with Crippen molar-refractivity contribution in [3.05, 3.63) is 28.8 Å². The summed E-state index contributed by atoms with van der Waals surface area (Å²) < 4.78 is 27.8. The van der Waals surface area contributed by atoms with Crippen LogP contribution in [0.2, 0.25) is 0 Å². The van der Waals surface area contributed by atoms with Crippen molar-refractivity contribution in [3.63, 3.8) is 0 Å². The number of aldehydes is 1. The molecule has 1 aliphatic rings. The van der Waals surface area contributed by atoms with Gasteiger partial charge in [0, 0.05) is 12.7 Å². The molecule has 2 rings (SSSR count). The van der Waals surface area contributed by atoms with Crippen LogP contribution < -0.4 is 5.46 Å². The second-order valence-electron chi connectivity index (χ2n) is 7.76. The summed E-state index contributed by atoms with van der Waals surface area (Å²) in [5, 5.41) is 0. The Labute approximate surface area is 166 Å². The minimum absolute atomic E-state index is 0.0503. The molecule has 8 heteroatoms. The summed E-state index contributed by atoms with van der Waals surface area (Å²) in [6.07, 6.45) is 0.805. The average molecular weight is 392 g/mol. The Kier molecular flexibility index (Phi) is 7.39.